The molecule has 0 unspecified atom stereocenters. The molecule has 0 aliphatic heterocycles. The first-order valence-corrected chi connectivity index (χ1v) is 0.651. The Balaban J connectivity index is -0.0000000450. The van der Waals surface area contributed by atoms with Gasteiger partial charge in [-0.2, -0.15) is 0 Å². The fraction of sp³-hybridized carbons (Fsp3) is 0. The third-order valence-electron chi connectivity index (χ3n) is 0. The minimum absolute atomic E-state index is 0. The summed E-state index contributed by atoms with van der Waals surface area (Å²) in [6, 6.07) is 0. The zero-order chi connectivity index (χ0) is 3.58. The average Bonchev–Trinajstić information content (AvgIpc) is 0.811. The van der Waals surface area contributed by atoms with Crippen molar-refractivity contribution in [3.05, 3.63) is 0 Å². The molecule has 0 saturated heterocycles. The monoisotopic (exact) mass is 242 g/mol. The Kier molecular flexibility index (Phi) is 26.9. The summed E-state index contributed by atoms with van der Waals surface area (Å²) in [5.74, 6) is 0. The van der Waals surface area contributed by atoms with E-state index in [0.717, 1.165) is 0 Å². The number of rotatable bonds is 0. The molecule has 2 N–H and O–H groups in total. The zero-order valence-corrected chi connectivity index (χ0v) is 1.80. The molecule has 0 rings (SSSR count). The first-order valence-electron chi connectivity index (χ1n) is 0.651. The topological polar surface area (TPSA) is 57.5 Å². The van der Waals surface area contributed by atoms with E-state index in [1.165, 1.54) is 0 Å². The van der Waals surface area contributed by atoms with Crippen molar-refractivity contribution in [1.29, 1.82) is 0 Å². The van der Waals surface area contributed by atoms with Gasteiger partial charge in [0.25, 0.3) is 0 Å². The van der Waals surface area contributed by atoms with Gasteiger partial charge >= 0.3 is 97.1 Å². The molecule has 0 bridgehead atoms. The number of carbonyl (C=O) groups is 1. The molecule has 0 amide bonds. The van der Waals surface area contributed by atoms with Gasteiger partial charge in [0.2, 0.25) is 0 Å². The van der Waals surface area contributed by atoms with E-state index in [-0.39, 0.29) is 91.0 Å². The van der Waals surface area contributed by atoms with Gasteiger partial charge < -0.3 is 10.2 Å². The van der Waals surface area contributed by atoms with Gasteiger partial charge in [0, 0.05) is 0 Å². The van der Waals surface area contributed by atoms with Crippen molar-refractivity contribution in [3.8, 4) is 0 Å². The molecule has 0 fully saturated rings. The van der Waals surface area contributed by atoms with Crippen LogP contribution in [0.3, 0.4) is 0 Å². The van der Waals surface area contributed by atoms with E-state index in [9.17, 15) is 0 Å². The second kappa shape index (κ2) is 10.3. The molecular formula is CH6O3Sr2. The van der Waals surface area contributed by atoms with Crippen molar-refractivity contribution < 1.29 is 15.0 Å². The molecule has 0 aliphatic carbocycles. The van der Waals surface area contributed by atoms with Crippen molar-refractivity contribution >= 4 is 97.1 Å². The second-order valence-corrected chi connectivity index (χ2v) is 0.283. The Morgan fingerprint density at radius 3 is 1.17 bits per heavy atom. The Morgan fingerprint density at radius 1 is 1.17 bits per heavy atom. The summed E-state index contributed by atoms with van der Waals surface area (Å²) in [7, 11) is 0. The Bertz CT molecular complexity index is 31.8. The summed E-state index contributed by atoms with van der Waals surface area (Å²) in [5.41, 5.74) is 0. The van der Waals surface area contributed by atoms with E-state index >= 15 is 0 Å². The summed E-state index contributed by atoms with van der Waals surface area (Å²) in [6.45, 7) is 0. The van der Waals surface area contributed by atoms with Crippen molar-refractivity contribution in [2.45, 2.75) is 0 Å². The van der Waals surface area contributed by atoms with Gasteiger partial charge in [0.05, 0.1) is 0 Å². The standard InChI is InChI=1S/CH2O3.2Sr.4H/c2-1(3)4;;;;;;/h(H2,2,3,4);;;;;;. The molecule has 0 radical (unpaired) electrons. The predicted molar refractivity (Wildman–Crippen MR) is 27.7 cm³/mol. The van der Waals surface area contributed by atoms with Gasteiger partial charge in [0.1, 0.15) is 0 Å². The molecule has 0 aromatic carbocycles. The molecule has 0 aromatic rings. The van der Waals surface area contributed by atoms with E-state index in [0.29, 0.717) is 0 Å². The molecule has 32 valence electrons. The van der Waals surface area contributed by atoms with Crippen molar-refractivity contribution in [2.75, 3.05) is 0 Å². The van der Waals surface area contributed by atoms with Crippen LogP contribution in [-0.4, -0.2) is 107 Å². The third-order valence-corrected chi connectivity index (χ3v) is 0. The maximum absolute atomic E-state index is 8.56. The molecular weight excluding hydrogens is 235 g/mol. The molecule has 0 saturated carbocycles. The third kappa shape index (κ3) is 34.3. The van der Waals surface area contributed by atoms with Crippen LogP contribution in [0.15, 0.2) is 0 Å². The number of carboxylic acid groups (broad SMARTS) is 2. The van der Waals surface area contributed by atoms with Gasteiger partial charge in [-0.25, -0.2) is 4.79 Å². The van der Waals surface area contributed by atoms with Gasteiger partial charge in [-0.05, 0) is 0 Å². The number of hydrogen-bond donors (Lipinski definition) is 2. The summed E-state index contributed by atoms with van der Waals surface area (Å²) in [5, 5.41) is 13.9. The first kappa shape index (κ1) is 15.7. The zero-order valence-electron chi connectivity index (χ0n) is 1.80. The maximum atomic E-state index is 8.56. The van der Waals surface area contributed by atoms with Crippen LogP contribution < -0.4 is 0 Å². The van der Waals surface area contributed by atoms with Crippen molar-refractivity contribution in [3.63, 3.8) is 0 Å². The van der Waals surface area contributed by atoms with Crippen molar-refractivity contribution in [1.82, 2.24) is 0 Å². The molecule has 0 aromatic heterocycles. The average molecular weight is 241 g/mol. The Morgan fingerprint density at radius 2 is 1.17 bits per heavy atom. The van der Waals surface area contributed by atoms with Crippen LogP contribution >= 0.6 is 0 Å². The molecule has 0 aliphatic rings. The molecule has 5 heteroatoms. The fourth-order valence-electron chi connectivity index (χ4n) is 0. The van der Waals surface area contributed by atoms with Crippen LogP contribution in [0.4, 0.5) is 4.79 Å². The van der Waals surface area contributed by atoms with Crippen LogP contribution in [0.25, 0.3) is 0 Å². The number of hydrogen-bond acceptors (Lipinski definition) is 1. The quantitative estimate of drug-likeness (QED) is 0.502. The predicted octanol–water partition coefficient (Wildman–Crippen LogP) is -1.61. The summed E-state index contributed by atoms with van der Waals surface area (Å²) < 4.78 is 0. The van der Waals surface area contributed by atoms with E-state index in [4.69, 9.17) is 15.0 Å². The van der Waals surface area contributed by atoms with Gasteiger partial charge in [-0.15, -0.1) is 0 Å². The van der Waals surface area contributed by atoms with E-state index in [2.05, 4.69) is 0 Å². The molecule has 6 heavy (non-hydrogen) atoms. The van der Waals surface area contributed by atoms with Crippen LogP contribution in [0, 0.1) is 0 Å². The van der Waals surface area contributed by atoms with Gasteiger partial charge in [-0.1, -0.05) is 0 Å². The van der Waals surface area contributed by atoms with E-state index < -0.39 is 6.16 Å². The summed E-state index contributed by atoms with van der Waals surface area (Å²) >= 11 is 0. The minimum atomic E-state index is -1.83. The fourth-order valence-corrected chi connectivity index (χ4v) is 0. The van der Waals surface area contributed by atoms with Crippen LogP contribution in [0.1, 0.15) is 0 Å². The normalized spacial score (nSPS) is 4.00. The Labute approximate surface area is 109 Å². The first-order chi connectivity index (χ1) is 1.73. The van der Waals surface area contributed by atoms with E-state index in [1.807, 2.05) is 0 Å². The van der Waals surface area contributed by atoms with E-state index in [1.54, 1.807) is 0 Å². The SMILES string of the molecule is O=C(O)O.[SrH2].[SrH2]. The molecule has 0 atom stereocenters. The van der Waals surface area contributed by atoms with Crippen LogP contribution in [0.2, 0.25) is 0 Å². The Hall–Kier alpha value is 2.23. The van der Waals surface area contributed by atoms with Crippen LogP contribution in [-0.2, 0) is 0 Å². The second-order valence-electron chi connectivity index (χ2n) is 0.283. The van der Waals surface area contributed by atoms with Crippen molar-refractivity contribution in [2.24, 2.45) is 0 Å². The summed E-state index contributed by atoms with van der Waals surface area (Å²) in [6.07, 6.45) is -1.83. The van der Waals surface area contributed by atoms with Crippen LogP contribution in [0.5, 0.6) is 0 Å². The molecule has 3 nitrogen and oxygen atoms in total. The summed E-state index contributed by atoms with van der Waals surface area (Å²) in [4.78, 5) is 8.56. The molecule has 0 heterocycles. The van der Waals surface area contributed by atoms with Gasteiger partial charge in [-0.3, -0.25) is 0 Å². The van der Waals surface area contributed by atoms with Gasteiger partial charge in [0.15, 0.2) is 0 Å². The molecule has 0 spiro atoms.